The van der Waals surface area contributed by atoms with Crippen LogP contribution < -0.4 is 0 Å². The molecule has 0 aliphatic rings. The summed E-state index contributed by atoms with van der Waals surface area (Å²) < 4.78 is 4.99. The van der Waals surface area contributed by atoms with Gasteiger partial charge in [-0.25, -0.2) is 4.79 Å². The number of Topliss-reactive ketones (excluding diaryl/α,β-unsaturated/α-hetero) is 1. The van der Waals surface area contributed by atoms with Gasteiger partial charge in [0.05, 0.1) is 17.0 Å². The first-order chi connectivity index (χ1) is 8.51. The molecule has 0 aliphatic heterocycles. The lowest BCUT2D eigenvalue weighted by Gasteiger charge is -2.11. The van der Waals surface area contributed by atoms with Crippen LogP contribution in [0.4, 0.5) is 0 Å². The number of carbonyl (C=O) groups is 2. The molecule has 0 saturated heterocycles. The first-order valence-corrected chi connectivity index (χ1v) is 7.64. The number of benzene rings is 1. The fraction of sp³-hybridized carbons (Fsp3) is 0.385. The van der Waals surface area contributed by atoms with E-state index in [0.29, 0.717) is 12.2 Å². The summed E-state index contributed by atoms with van der Waals surface area (Å²) in [4.78, 5) is 23.5. The van der Waals surface area contributed by atoms with Gasteiger partial charge in [0.2, 0.25) is 0 Å². The lowest BCUT2D eigenvalue weighted by molar-refractivity contribution is -0.116. The van der Waals surface area contributed by atoms with Gasteiger partial charge in [0, 0.05) is 4.90 Å². The highest BCUT2D eigenvalue weighted by Crippen LogP contribution is 2.29. The smallest absolute Gasteiger partial charge is 0.339 e. The molecule has 1 unspecified atom stereocenters. The van der Waals surface area contributed by atoms with E-state index in [4.69, 9.17) is 4.74 Å². The number of halogens is 1. The van der Waals surface area contributed by atoms with Crippen molar-refractivity contribution in [3.8, 4) is 0 Å². The summed E-state index contributed by atoms with van der Waals surface area (Å²) in [7, 11) is 0. The zero-order chi connectivity index (χ0) is 13.7. The predicted octanol–water partition coefficient (Wildman–Crippen LogP) is 3.61. The average molecular weight is 331 g/mol. The van der Waals surface area contributed by atoms with E-state index in [2.05, 4.69) is 15.9 Å². The highest BCUT2D eigenvalue weighted by Gasteiger charge is 2.17. The summed E-state index contributed by atoms with van der Waals surface area (Å²) in [5.74, 6) is -0.298. The molecule has 0 amide bonds. The van der Waals surface area contributed by atoms with Crippen molar-refractivity contribution in [2.75, 3.05) is 12.9 Å². The Morgan fingerprint density at radius 2 is 2.11 bits per heavy atom. The normalized spacial score (nSPS) is 12.0. The maximum absolute atomic E-state index is 11.7. The maximum atomic E-state index is 11.7. The number of esters is 1. The Morgan fingerprint density at radius 3 is 2.61 bits per heavy atom. The van der Waals surface area contributed by atoms with Gasteiger partial charge in [0.25, 0.3) is 0 Å². The molecule has 0 aromatic heterocycles. The molecule has 0 N–H and O–H groups in total. The van der Waals surface area contributed by atoms with Gasteiger partial charge >= 0.3 is 5.97 Å². The van der Waals surface area contributed by atoms with E-state index in [1.54, 1.807) is 19.1 Å². The first kappa shape index (κ1) is 15.2. The molecule has 3 nitrogen and oxygen atoms in total. The number of thioether (sulfide) groups is 1. The largest absolute Gasteiger partial charge is 0.462 e. The fourth-order valence-electron chi connectivity index (χ4n) is 1.48. The zero-order valence-corrected chi connectivity index (χ0v) is 12.9. The number of hydrogen-bond acceptors (Lipinski definition) is 4. The topological polar surface area (TPSA) is 43.4 Å². The van der Waals surface area contributed by atoms with E-state index in [1.807, 2.05) is 12.3 Å². The number of ketones is 1. The van der Waals surface area contributed by atoms with E-state index in [-0.39, 0.29) is 16.6 Å². The highest BCUT2D eigenvalue weighted by molar-refractivity contribution is 9.09. The lowest BCUT2D eigenvalue weighted by Crippen LogP contribution is -2.08. The van der Waals surface area contributed by atoms with Gasteiger partial charge in [-0.05, 0) is 37.8 Å². The Morgan fingerprint density at radius 1 is 1.44 bits per heavy atom. The number of alkyl halides is 1. The molecular weight excluding hydrogens is 316 g/mol. The fourth-order valence-corrected chi connectivity index (χ4v) is 2.39. The molecule has 0 spiro atoms. The summed E-state index contributed by atoms with van der Waals surface area (Å²) in [5, 5.41) is 0. The maximum Gasteiger partial charge on any atom is 0.339 e. The van der Waals surface area contributed by atoms with Crippen LogP contribution in [0.1, 0.15) is 34.6 Å². The van der Waals surface area contributed by atoms with Crippen LogP contribution in [0, 0.1) is 0 Å². The van der Waals surface area contributed by atoms with Crippen molar-refractivity contribution in [1.29, 1.82) is 0 Å². The summed E-state index contributed by atoms with van der Waals surface area (Å²) in [6.07, 6.45) is 1.89. The van der Waals surface area contributed by atoms with Gasteiger partial charge < -0.3 is 4.74 Å². The van der Waals surface area contributed by atoms with Crippen molar-refractivity contribution in [3.05, 3.63) is 29.3 Å². The van der Waals surface area contributed by atoms with Crippen molar-refractivity contribution in [3.63, 3.8) is 0 Å². The molecule has 0 bridgehead atoms. The van der Waals surface area contributed by atoms with Gasteiger partial charge in [-0.2, -0.15) is 0 Å². The zero-order valence-electron chi connectivity index (χ0n) is 10.5. The molecule has 0 radical (unpaired) electrons. The number of carbonyl (C=O) groups excluding carboxylic acids is 2. The second kappa shape index (κ2) is 6.95. The van der Waals surface area contributed by atoms with Gasteiger partial charge in [0.15, 0.2) is 0 Å². The molecule has 98 valence electrons. The second-order valence-electron chi connectivity index (χ2n) is 3.65. The third-order valence-corrected chi connectivity index (χ3v) is 4.32. The molecule has 5 heteroatoms. The van der Waals surface area contributed by atoms with E-state index in [0.717, 1.165) is 10.5 Å². The van der Waals surface area contributed by atoms with Crippen LogP contribution in [-0.2, 0) is 9.53 Å². The second-order valence-corrected chi connectivity index (χ2v) is 5.42. The SMILES string of the molecule is CCOC(=O)c1ccc(C(Br)C(C)=O)cc1SC. The minimum Gasteiger partial charge on any atom is -0.462 e. The van der Waals surface area contributed by atoms with E-state index in [1.165, 1.54) is 18.7 Å². The van der Waals surface area contributed by atoms with E-state index in [9.17, 15) is 9.59 Å². The number of rotatable bonds is 5. The molecule has 1 aromatic rings. The molecule has 1 aromatic carbocycles. The number of ether oxygens (including phenoxy) is 1. The molecule has 0 aliphatic carbocycles. The quantitative estimate of drug-likeness (QED) is 0.470. The van der Waals surface area contributed by atoms with E-state index >= 15 is 0 Å². The predicted molar refractivity (Wildman–Crippen MR) is 76.5 cm³/mol. The molecule has 0 saturated carbocycles. The van der Waals surface area contributed by atoms with Gasteiger partial charge in [0.1, 0.15) is 5.78 Å². The Labute approximate surface area is 119 Å². The highest BCUT2D eigenvalue weighted by atomic mass is 79.9. The Balaban J connectivity index is 3.11. The Hall–Kier alpha value is -0.810. The van der Waals surface area contributed by atoms with Crippen LogP contribution in [0.5, 0.6) is 0 Å². The minimum atomic E-state index is -0.334. The number of hydrogen-bond donors (Lipinski definition) is 0. The Kier molecular flexibility index (Phi) is 5.88. The van der Waals surface area contributed by atoms with Crippen molar-refractivity contribution < 1.29 is 14.3 Å². The van der Waals surface area contributed by atoms with Crippen LogP contribution in [-0.4, -0.2) is 24.6 Å². The van der Waals surface area contributed by atoms with Crippen molar-refractivity contribution in [1.82, 2.24) is 0 Å². The van der Waals surface area contributed by atoms with Gasteiger partial charge in [-0.3, -0.25) is 4.79 Å². The van der Waals surface area contributed by atoms with Crippen molar-refractivity contribution >= 4 is 39.4 Å². The summed E-state index contributed by atoms with van der Waals surface area (Å²) in [6.45, 7) is 3.65. The van der Waals surface area contributed by atoms with Gasteiger partial charge in [-0.15, -0.1) is 11.8 Å². The molecule has 1 rings (SSSR count). The van der Waals surface area contributed by atoms with Crippen molar-refractivity contribution in [2.45, 2.75) is 23.6 Å². The third kappa shape index (κ3) is 3.59. The summed E-state index contributed by atoms with van der Waals surface area (Å²) in [5.41, 5.74) is 1.39. The summed E-state index contributed by atoms with van der Waals surface area (Å²) >= 11 is 4.79. The van der Waals surface area contributed by atoms with E-state index < -0.39 is 0 Å². The Bertz CT molecular complexity index is 460. The first-order valence-electron chi connectivity index (χ1n) is 5.50. The standard InChI is InChI=1S/C13H15BrO3S/c1-4-17-13(16)10-6-5-9(7-11(10)18-3)12(14)8(2)15/h5-7,12H,4H2,1-3H3. The molecule has 0 fully saturated rings. The monoisotopic (exact) mass is 330 g/mol. The summed E-state index contributed by atoms with van der Waals surface area (Å²) in [6, 6.07) is 5.32. The van der Waals surface area contributed by atoms with Crippen LogP contribution in [0.15, 0.2) is 23.1 Å². The van der Waals surface area contributed by atoms with Gasteiger partial charge in [-0.1, -0.05) is 22.0 Å². The van der Waals surface area contributed by atoms with Crippen molar-refractivity contribution in [2.24, 2.45) is 0 Å². The minimum absolute atomic E-state index is 0.0333. The van der Waals surface area contributed by atoms with Crippen LogP contribution in [0.3, 0.4) is 0 Å². The molecular formula is C13H15BrO3S. The van der Waals surface area contributed by atoms with Crippen LogP contribution in [0.25, 0.3) is 0 Å². The molecule has 0 heterocycles. The molecule has 18 heavy (non-hydrogen) atoms. The lowest BCUT2D eigenvalue weighted by atomic mass is 10.1. The third-order valence-electron chi connectivity index (χ3n) is 2.37. The molecule has 1 atom stereocenters. The van der Waals surface area contributed by atoms with Crippen LogP contribution >= 0.6 is 27.7 Å². The average Bonchev–Trinajstić information content (AvgIpc) is 2.37. The van der Waals surface area contributed by atoms with Crippen LogP contribution in [0.2, 0.25) is 0 Å².